The van der Waals surface area contributed by atoms with Gasteiger partial charge in [-0.3, -0.25) is 9.59 Å². The molecule has 1 aliphatic carbocycles. The average molecular weight is 366 g/mol. The first-order valence-electron chi connectivity index (χ1n) is 9.78. The Balaban J connectivity index is 2.50. The van der Waals surface area contributed by atoms with Crippen LogP contribution in [0.4, 0.5) is 0 Å². The van der Waals surface area contributed by atoms with Gasteiger partial charge in [0.2, 0.25) is 0 Å². The second kappa shape index (κ2) is 11.3. The fourth-order valence-electron chi connectivity index (χ4n) is 3.74. The first-order valence-corrected chi connectivity index (χ1v) is 9.78. The lowest BCUT2D eigenvalue weighted by Crippen LogP contribution is -2.24. The number of aliphatic hydroxyl groups is 2. The molecule has 1 aliphatic rings. The van der Waals surface area contributed by atoms with Crippen molar-refractivity contribution in [1.29, 1.82) is 0 Å². The van der Waals surface area contributed by atoms with Gasteiger partial charge in [-0.05, 0) is 25.7 Å². The zero-order valence-corrected chi connectivity index (χ0v) is 15.9. The van der Waals surface area contributed by atoms with Crippen molar-refractivity contribution < 1.29 is 24.9 Å². The van der Waals surface area contributed by atoms with Crippen molar-refractivity contribution in [3.8, 4) is 0 Å². The normalized spacial score (nSPS) is 25.5. The first kappa shape index (κ1) is 22.6. The molecule has 0 aromatic carbocycles. The minimum atomic E-state index is -0.932. The van der Waals surface area contributed by atoms with Gasteiger partial charge in [-0.1, -0.05) is 50.8 Å². The van der Waals surface area contributed by atoms with Gasteiger partial charge in [0.15, 0.2) is 0 Å². The molecule has 0 bridgehead atoms. The monoisotopic (exact) mass is 366 g/mol. The Morgan fingerprint density at radius 1 is 1.31 bits per heavy atom. The molecule has 0 aromatic rings. The Hall–Kier alpha value is -1.46. The summed E-state index contributed by atoms with van der Waals surface area (Å²) in [5.41, 5.74) is -0.932. The van der Waals surface area contributed by atoms with E-state index in [0.717, 1.165) is 32.1 Å². The number of rotatable bonds is 13. The van der Waals surface area contributed by atoms with E-state index >= 15 is 0 Å². The molecule has 3 N–H and O–H groups in total. The minimum Gasteiger partial charge on any atom is -0.481 e. The number of carboxylic acid groups (broad SMARTS) is 1. The third-order valence-electron chi connectivity index (χ3n) is 5.28. The molecule has 1 saturated carbocycles. The minimum absolute atomic E-state index is 0.102. The fourth-order valence-corrected chi connectivity index (χ4v) is 3.74. The van der Waals surface area contributed by atoms with Gasteiger partial charge in [-0.2, -0.15) is 0 Å². The van der Waals surface area contributed by atoms with E-state index in [1.807, 2.05) is 19.1 Å². The van der Waals surface area contributed by atoms with Crippen molar-refractivity contribution in [2.75, 3.05) is 0 Å². The molecule has 148 valence electrons. The van der Waals surface area contributed by atoms with Gasteiger partial charge in [-0.25, -0.2) is 0 Å². The van der Waals surface area contributed by atoms with Crippen LogP contribution >= 0.6 is 0 Å². The molecule has 1 rings (SSSR count). The van der Waals surface area contributed by atoms with Crippen LogP contribution in [0.5, 0.6) is 0 Å². The van der Waals surface area contributed by atoms with Gasteiger partial charge in [0, 0.05) is 24.7 Å². The summed E-state index contributed by atoms with van der Waals surface area (Å²) in [5, 5.41) is 29.2. The summed E-state index contributed by atoms with van der Waals surface area (Å²) in [4.78, 5) is 22.7. The molecule has 0 aromatic heterocycles. The quantitative estimate of drug-likeness (QED) is 0.342. The van der Waals surface area contributed by atoms with E-state index in [9.17, 15) is 19.8 Å². The van der Waals surface area contributed by atoms with E-state index in [-0.39, 0.29) is 30.5 Å². The van der Waals surface area contributed by atoms with Gasteiger partial charge in [0.1, 0.15) is 5.78 Å². The lowest BCUT2D eigenvalue weighted by Gasteiger charge is -2.23. The van der Waals surface area contributed by atoms with Crippen LogP contribution in [0.2, 0.25) is 0 Å². The van der Waals surface area contributed by atoms with Crippen LogP contribution in [-0.2, 0) is 9.59 Å². The first-order chi connectivity index (χ1) is 12.3. The predicted octanol–water partition coefficient (Wildman–Crippen LogP) is 3.64. The molecular weight excluding hydrogens is 332 g/mol. The predicted molar refractivity (Wildman–Crippen MR) is 102 cm³/mol. The van der Waals surface area contributed by atoms with E-state index < -0.39 is 17.7 Å². The lowest BCUT2D eigenvalue weighted by atomic mass is 9.87. The maximum absolute atomic E-state index is 12.2. The highest BCUT2D eigenvalue weighted by Crippen LogP contribution is 2.34. The van der Waals surface area contributed by atoms with E-state index in [0.29, 0.717) is 19.3 Å². The number of ketones is 1. The van der Waals surface area contributed by atoms with Gasteiger partial charge < -0.3 is 15.3 Å². The largest absolute Gasteiger partial charge is 0.481 e. The number of unbranched alkanes of at least 4 members (excludes halogenated alkanes) is 3. The van der Waals surface area contributed by atoms with Crippen LogP contribution < -0.4 is 0 Å². The number of carboxylic acids is 1. The number of Topliss-reactive ketones (excluding diaryl/α,β-unsaturated/α-hetero) is 1. The van der Waals surface area contributed by atoms with E-state index in [4.69, 9.17) is 5.11 Å². The Kier molecular flexibility index (Phi) is 9.81. The van der Waals surface area contributed by atoms with Gasteiger partial charge in [-0.15, -0.1) is 6.58 Å². The fraction of sp³-hybridized carbons (Fsp3) is 0.714. The summed E-state index contributed by atoms with van der Waals surface area (Å²) in [6.45, 7) is 5.70. The molecule has 5 heteroatoms. The maximum Gasteiger partial charge on any atom is 0.303 e. The van der Waals surface area contributed by atoms with Gasteiger partial charge in [0.25, 0.3) is 0 Å². The molecule has 4 atom stereocenters. The zero-order valence-electron chi connectivity index (χ0n) is 15.9. The van der Waals surface area contributed by atoms with Crippen molar-refractivity contribution in [2.45, 2.75) is 82.8 Å². The number of hydrogen-bond acceptors (Lipinski definition) is 4. The summed E-state index contributed by atoms with van der Waals surface area (Å²) >= 11 is 0. The molecule has 0 amide bonds. The molecule has 1 unspecified atom stereocenters. The highest BCUT2D eigenvalue weighted by atomic mass is 16.4. The number of aliphatic hydroxyl groups excluding tert-OH is 1. The Bertz CT molecular complexity index is 499. The van der Waals surface area contributed by atoms with Crippen molar-refractivity contribution in [3.63, 3.8) is 0 Å². The van der Waals surface area contributed by atoms with Crippen molar-refractivity contribution in [1.82, 2.24) is 0 Å². The Morgan fingerprint density at radius 2 is 2.00 bits per heavy atom. The van der Waals surface area contributed by atoms with Gasteiger partial charge in [0.05, 0.1) is 11.7 Å². The highest BCUT2D eigenvalue weighted by molar-refractivity contribution is 5.84. The Morgan fingerprint density at radius 3 is 2.62 bits per heavy atom. The summed E-state index contributed by atoms with van der Waals surface area (Å²) < 4.78 is 0. The van der Waals surface area contributed by atoms with Crippen molar-refractivity contribution in [3.05, 3.63) is 24.8 Å². The van der Waals surface area contributed by atoms with Crippen LogP contribution in [0.25, 0.3) is 0 Å². The third-order valence-corrected chi connectivity index (χ3v) is 5.28. The maximum atomic E-state index is 12.2. The van der Waals surface area contributed by atoms with E-state index in [2.05, 4.69) is 6.58 Å². The number of aliphatic carboxylic acids is 1. The average Bonchev–Trinajstić information content (AvgIpc) is 2.84. The van der Waals surface area contributed by atoms with Crippen molar-refractivity contribution >= 4 is 11.8 Å². The van der Waals surface area contributed by atoms with Crippen LogP contribution in [0, 0.1) is 11.8 Å². The topological polar surface area (TPSA) is 94.8 Å². The summed E-state index contributed by atoms with van der Waals surface area (Å²) in [6.07, 6.45) is 11.0. The number of carbonyl (C=O) groups is 2. The molecule has 0 radical (unpaired) electrons. The van der Waals surface area contributed by atoms with Gasteiger partial charge >= 0.3 is 5.97 Å². The van der Waals surface area contributed by atoms with Crippen LogP contribution in [-0.4, -0.2) is 38.8 Å². The number of carbonyl (C=O) groups excluding carboxylic acids is 1. The zero-order chi connectivity index (χ0) is 19.6. The Labute approximate surface area is 156 Å². The molecule has 0 aliphatic heterocycles. The van der Waals surface area contributed by atoms with Crippen LogP contribution in [0.1, 0.15) is 71.1 Å². The molecule has 26 heavy (non-hydrogen) atoms. The lowest BCUT2D eigenvalue weighted by molar-refractivity contribution is -0.137. The molecule has 0 heterocycles. The highest BCUT2D eigenvalue weighted by Gasteiger charge is 2.39. The second-order valence-electron chi connectivity index (χ2n) is 7.46. The van der Waals surface area contributed by atoms with Crippen molar-refractivity contribution in [2.24, 2.45) is 11.8 Å². The summed E-state index contributed by atoms with van der Waals surface area (Å²) in [5.74, 6) is -1.04. The standard InChI is InChI=1S/C21H34O5/c1-3-13-21(26,4-2)14-9-11-17-16(18(22)15-19(17)23)10-7-5-6-8-12-20(24)25/h4,9,11,16-17,19,23,26H,2-3,5-8,10,12-15H2,1H3,(H,24,25)/t16-,17-,19-,21?/m1/s1. The SMILES string of the molecule is C=CC(O)(CC=C[C@H]1[C@H](O)CC(=O)[C@@H]1CCCCCCC(=O)O)CCC. The molecule has 0 saturated heterocycles. The third kappa shape index (κ3) is 7.42. The molecule has 5 nitrogen and oxygen atoms in total. The molecule has 0 spiro atoms. The van der Waals surface area contributed by atoms with E-state index in [1.165, 1.54) is 0 Å². The number of hydrogen-bond donors (Lipinski definition) is 3. The summed E-state index contributed by atoms with van der Waals surface area (Å²) in [7, 11) is 0. The second-order valence-corrected chi connectivity index (χ2v) is 7.46. The van der Waals surface area contributed by atoms with Crippen LogP contribution in [0.3, 0.4) is 0 Å². The molecule has 1 fully saturated rings. The van der Waals surface area contributed by atoms with Crippen LogP contribution in [0.15, 0.2) is 24.8 Å². The van der Waals surface area contributed by atoms with E-state index in [1.54, 1.807) is 6.08 Å². The smallest absolute Gasteiger partial charge is 0.303 e. The molecular formula is C21H34O5. The summed E-state index contributed by atoms with van der Waals surface area (Å²) in [6, 6.07) is 0.